The molecule has 0 saturated carbocycles. The van der Waals surface area contributed by atoms with E-state index < -0.39 is 0 Å². The largest absolute Gasteiger partial charge is 0.369 e. The average Bonchev–Trinajstić information content (AvgIpc) is 2.46. The Morgan fingerprint density at radius 2 is 2.05 bits per heavy atom. The van der Waals surface area contributed by atoms with Crippen LogP contribution in [0.3, 0.4) is 0 Å². The highest BCUT2D eigenvalue weighted by Crippen LogP contribution is 2.30. The van der Waals surface area contributed by atoms with Crippen LogP contribution in [-0.2, 0) is 0 Å². The zero-order valence-corrected chi connectivity index (χ0v) is 11.8. The third kappa shape index (κ3) is 3.11. The van der Waals surface area contributed by atoms with Gasteiger partial charge >= 0.3 is 0 Å². The van der Waals surface area contributed by atoms with Crippen LogP contribution in [0.5, 0.6) is 0 Å². The van der Waals surface area contributed by atoms with Crippen LogP contribution >= 0.6 is 11.6 Å². The molecule has 0 spiro atoms. The van der Waals surface area contributed by atoms with E-state index in [2.05, 4.69) is 21.0 Å². The molecule has 0 N–H and O–H groups in total. The zero-order valence-electron chi connectivity index (χ0n) is 11.1. The molecule has 0 unspecified atom stereocenters. The highest BCUT2D eigenvalue weighted by molar-refractivity contribution is 6.32. The standard InChI is InChI=1S/C14H12ClN5/c1-20(2)9-18-14-11(8-16)7-12(13(15)19-14)10-3-5-17-6-4-10/h3-7,9H,1-2H3. The van der Waals surface area contributed by atoms with Crippen LogP contribution in [0.25, 0.3) is 11.1 Å². The van der Waals surface area contributed by atoms with E-state index in [0.717, 1.165) is 5.56 Å². The van der Waals surface area contributed by atoms with Crippen molar-refractivity contribution < 1.29 is 0 Å². The SMILES string of the molecule is CN(C)C=Nc1nc(Cl)c(-c2ccncc2)cc1C#N. The molecule has 0 aliphatic carbocycles. The quantitative estimate of drug-likeness (QED) is 0.494. The fourth-order valence-corrected chi connectivity index (χ4v) is 1.81. The zero-order chi connectivity index (χ0) is 14.5. The summed E-state index contributed by atoms with van der Waals surface area (Å²) >= 11 is 6.18. The second-order valence-electron chi connectivity index (χ2n) is 4.25. The van der Waals surface area contributed by atoms with Crippen molar-refractivity contribution in [2.75, 3.05) is 14.1 Å². The van der Waals surface area contributed by atoms with E-state index in [1.54, 1.807) is 29.7 Å². The molecular weight excluding hydrogens is 274 g/mol. The van der Waals surface area contributed by atoms with Gasteiger partial charge in [-0.3, -0.25) is 4.98 Å². The van der Waals surface area contributed by atoms with Crippen LogP contribution in [0.4, 0.5) is 5.82 Å². The molecule has 100 valence electrons. The number of aliphatic imine (C=N–C) groups is 1. The first-order valence-corrected chi connectivity index (χ1v) is 6.21. The maximum atomic E-state index is 9.21. The number of hydrogen-bond donors (Lipinski definition) is 0. The minimum Gasteiger partial charge on any atom is -0.369 e. The molecule has 0 fully saturated rings. The van der Waals surface area contributed by atoms with Gasteiger partial charge < -0.3 is 4.90 Å². The molecule has 2 heterocycles. The minimum absolute atomic E-state index is 0.307. The summed E-state index contributed by atoms with van der Waals surface area (Å²) in [6.07, 6.45) is 4.90. The van der Waals surface area contributed by atoms with Crippen molar-refractivity contribution >= 4 is 23.8 Å². The Morgan fingerprint density at radius 1 is 1.35 bits per heavy atom. The molecule has 0 saturated heterocycles. The summed E-state index contributed by atoms with van der Waals surface area (Å²) < 4.78 is 0. The number of nitriles is 1. The fourth-order valence-electron chi connectivity index (χ4n) is 1.57. The monoisotopic (exact) mass is 285 g/mol. The Kier molecular flexibility index (Phi) is 4.28. The lowest BCUT2D eigenvalue weighted by molar-refractivity contribution is 0.643. The number of rotatable bonds is 3. The van der Waals surface area contributed by atoms with Gasteiger partial charge in [0.05, 0.1) is 11.9 Å². The second kappa shape index (κ2) is 6.13. The maximum absolute atomic E-state index is 9.21. The van der Waals surface area contributed by atoms with Gasteiger partial charge in [-0.25, -0.2) is 9.98 Å². The van der Waals surface area contributed by atoms with Crippen LogP contribution in [0.1, 0.15) is 5.56 Å². The van der Waals surface area contributed by atoms with Gasteiger partial charge in [0, 0.05) is 32.1 Å². The molecule has 5 nitrogen and oxygen atoms in total. The van der Waals surface area contributed by atoms with Crippen LogP contribution in [-0.4, -0.2) is 35.3 Å². The summed E-state index contributed by atoms with van der Waals surface area (Å²) in [6.45, 7) is 0. The summed E-state index contributed by atoms with van der Waals surface area (Å²) in [5.74, 6) is 0.309. The van der Waals surface area contributed by atoms with Crippen LogP contribution in [0.2, 0.25) is 5.15 Å². The number of aromatic nitrogens is 2. The van der Waals surface area contributed by atoms with Crippen molar-refractivity contribution in [1.82, 2.24) is 14.9 Å². The van der Waals surface area contributed by atoms with Crippen molar-refractivity contribution in [2.45, 2.75) is 0 Å². The molecule has 2 aromatic heterocycles. The summed E-state index contributed by atoms with van der Waals surface area (Å²) in [5.41, 5.74) is 1.92. The molecule has 0 aromatic carbocycles. The molecule has 0 radical (unpaired) electrons. The number of hydrogen-bond acceptors (Lipinski definition) is 4. The summed E-state index contributed by atoms with van der Waals surface area (Å²) in [4.78, 5) is 14.0. The van der Waals surface area contributed by atoms with Gasteiger partial charge in [0.25, 0.3) is 0 Å². The molecule has 2 aromatic rings. The van der Waals surface area contributed by atoms with Crippen molar-refractivity contribution in [3.8, 4) is 17.2 Å². The molecular formula is C14H12ClN5. The smallest absolute Gasteiger partial charge is 0.173 e. The minimum atomic E-state index is 0.307. The first-order chi connectivity index (χ1) is 9.61. The lowest BCUT2D eigenvalue weighted by Crippen LogP contribution is -2.07. The van der Waals surface area contributed by atoms with E-state index in [0.29, 0.717) is 22.1 Å². The second-order valence-corrected chi connectivity index (χ2v) is 4.61. The van der Waals surface area contributed by atoms with E-state index in [9.17, 15) is 5.26 Å². The van der Waals surface area contributed by atoms with Crippen molar-refractivity contribution in [3.05, 3.63) is 41.3 Å². The van der Waals surface area contributed by atoms with Crippen LogP contribution in [0.15, 0.2) is 35.6 Å². The molecule has 0 aliphatic heterocycles. The summed E-state index contributed by atoms with van der Waals surface area (Å²) in [6, 6.07) is 7.40. The number of pyridine rings is 2. The summed E-state index contributed by atoms with van der Waals surface area (Å²) in [5, 5.41) is 9.52. The molecule has 0 amide bonds. The van der Waals surface area contributed by atoms with Gasteiger partial charge in [-0.15, -0.1) is 0 Å². The van der Waals surface area contributed by atoms with E-state index in [4.69, 9.17) is 11.6 Å². The molecule has 0 aliphatic rings. The van der Waals surface area contributed by atoms with E-state index >= 15 is 0 Å². The van der Waals surface area contributed by atoms with Gasteiger partial charge in [-0.1, -0.05) is 11.6 Å². The van der Waals surface area contributed by atoms with Crippen LogP contribution < -0.4 is 0 Å². The van der Waals surface area contributed by atoms with Gasteiger partial charge in [0.15, 0.2) is 5.82 Å². The number of nitrogens with zero attached hydrogens (tertiary/aromatic N) is 5. The lowest BCUT2D eigenvalue weighted by Gasteiger charge is -2.07. The number of halogens is 1. The Hall–Kier alpha value is -2.45. The van der Waals surface area contributed by atoms with Crippen molar-refractivity contribution in [3.63, 3.8) is 0 Å². The Morgan fingerprint density at radius 3 is 2.65 bits per heavy atom. The third-order valence-corrected chi connectivity index (χ3v) is 2.77. The predicted molar refractivity (Wildman–Crippen MR) is 79.0 cm³/mol. The molecule has 20 heavy (non-hydrogen) atoms. The van der Waals surface area contributed by atoms with Gasteiger partial charge in [0.1, 0.15) is 11.2 Å². The average molecular weight is 286 g/mol. The highest BCUT2D eigenvalue weighted by Gasteiger charge is 2.11. The Balaban J connectivity index is 2.52. The summed E-state index contributed by atoms with van der Waals surface area (Å²) in [7, 11) is 3.67. The molecule has 0 bridgehead atoms. The Labute approximate surface area is 122 Å². The Bertz CT molecular complexity index is 674. The van der Waals surface area contributed by atoms with E-state index in [1.165, 1.54) is 0 Å². The van der Waals surface area contributed by atoms with E-state index in [1.807, 2.05) is 26.2 Å². The fraction of sp³-hybridized carbons (Fsp3) is 0.143. The van der Waals surface area contributed by atoms with Gasteiger partial charge in [-0.2, -0.15) is 5.26 Å². The van der Waals surface area contributed by atoms with Crippen molar-refractivity contribution in [2.24, 2.45) is 4.99 Å². The molecule has 2 rings (SSSR count). The topological polar surface area (TPSA) is 65.2 Å². The predicted octanol–water partition coefficient (Wildman–Crippen LogP) is 2.89. The normalized spacial score (nSPS) is 10.5. The first kappa shape index (κ1) is 14.0. The van der Waals surface area contributed by atoms with E-state index in [-0.39, 0.29) is 0 Å². The van der Waals surface area contributed by atoms with Crippen molar-refractivity contribution in [1.29, 1.82) is 5.26 Å². The lowest BCUT2D eigenvalue weighted by atomic mass is 10.1. The first-order valence-electron chi connectivity index (χ1n) is 5.83. The van der Waals surface area contributed by atoms with Crippen LogP contribution in [0, 0.1) is 11.3 Å². The maximum Gasteiger partial charge on any atom is 0.173 e. The van der Waals surface area contributed by atoms with Gasteiger partial charge in [-0.05, 0) is 23.8 Å². The highest BCUT2D eigenvalue weighted by atomic mass is 35.5. The van der Waals surface area contributed by atoms with Gasteiger partial charge in [0.2, 0.25) is 0 Å². The molecule has 6 heteroatoms. The third-order valence-electron chi connectivity index (χ3n) is 2.48. The molecule has 0 atom stereocenters.